The second-order valence-corrected chi connectivity index (χ2v) is 10.4. The summed E-state index contributed by atoms with van der Waals surface area (Å²) in [4.78, 5) is 27.3. The van der Waals surface area contributed by atoms with Crippen LogP contribution >= 0.6 is 0 Å². The molecule has 0 spiro atoms. The van der Waals surface area contributed by atoms with Crippen LogP contribution < -0.4 is 10.6 Å². The third-order valence-electron chi connectivity index (χ3n) is 6.42. The quantitative estimate of drug-likeness (QED) is 0.122. The molecule has 2 aromatic carbocycles. The second kappa shape index (κ2) is 22.3. The monoisotopic (exact) mass is 610 g/mol. The Morgan fingerprint density at radius 3 is 1.23 bits per heavy atom. The summed E-state index contributed by atoms with van der Waals surface area (Å²) in [7, 11) is 0. The number of hydrogen-bond acceptors (Lipinski definition) is 6. The summed E-state index contributed by atoms with van der Waals surface area (Å²) in [5, 5.41) is 24.5. The van der Waals surface area contributed by atoms with Gasteiger partial charge in [-0.05, 0) is 51.0 Å². The lowest BCUT2D eigenvalue weighted by molar-refractivity contribution is -0.135. The average molecular weight is 611 g/mol. The van der Waals surface area contributed by atoms with Gasteiger partial charge in [0.05, 0.1) is 11.0 Å². The number of benzene rings is 2. The van der Waals surface area contributed by atoms with Crippen molar-refractivity contribution in [3.8, 4) is 0 Å². The number of para-hydroxylation sites is 2. The Balaban J connectivity index is 0.00000166. The minimum Gasteiger partial charge on any atom is -0.481 e. The molecule has 44 heavy (non-hydrogen) atoms. The molecule has 0 saturated heterocycles. The lowest BCUT2D eigenvalue weighted by atomic mass is 10.1. The molecule has 0 aliphatic carbocycles. The maximum absolute atomic E-state index is 9.00. The van der Waals surface area contributed by atoms with Gasteiger partial charge in [-0.15, -0.1) is 0 Å². The highest BCUT2D eigenvalue weighted by Gasteiger charge is 2.04. The predicted molar refractivity (Wildman–Crippen MR) is 181 cm³/mol. The van der Waals surface area contributed by atoms with Crippen LogP contribution in [0.25, 0.3) is 21.8 Å². The van der Waals surface area contributed by atoms with Crippen molar-refractivity contribution in [2.45, 2.75) is 79.1 Å². The number of carboxylic acid groups (broad SMARTS) is 2. The van der Waals surface area contributed by atoms with Crippen molar-refractivity contribution in [1.29, 1.82) is 0 Å². The Hall–Kier alpha value is -4.28. The van der Waals surface area contributed by atoms with Crippen molar-refractivity contribution in [3.05, 3.63) is 72.1 Å². The zero-order chi connectivity index (χ0) is 30.7. The fourth-order valence-electron chi connectivity index (χ4n) is 4.66. The Kier molecular flexibility index (Phi) is 20.1. The number of aryl methyl sites for hydroxylation is 2. The molecule has 0 aliphatic rings. The fraction of sp³-hybridized carbons (Fsp3) is 0.412. The zero-order valence-electron chi connectivity index (χ0n) is 26.4. The largest absolute Gasteiger partial charge is 0.481 e. The summed E-state index contributed by atoms with van der Waals surface area (Å²) >= 11 is 0. The van der Waals surface area contributed by atoms with Crippen LogP contribution in [0.15, 0.2) is 60.7 Å². The Morgan fingerprint density at radius 2 is 0.886 bits per heavy atom. The van der Waals surface area contributed by atoms with Crippen molar-refractivity contribution in [1.82, 2.24) is 9.97 Å². The van der Waals surface area contributed by atoms with Gasteiger partial charge in [0, 0.05) is 60.5 Å². The molecule has 0 radical (unpaired) electrons. The molecular weight excluding hydrogens is 560 g/mol. The maximum atomic E-state index is 9.00. The van der Waals surface area contributed by atoms with Gasteiger partial charge in [0.25, 0.3) is 11.9 Å². The van der Waals surface area contributed by atoms with E-state index in [1.54, 1.807) is 0 Å². The zero-order valence-corrected chi connectivity index (χ0v) is 26.4. The normalized spacial score (nSPS) is 9.82. The predicted octanol–water partition coefficient (Wildman–Crippen LogP) is 6.58. The minimum atomic E-state index is -0.833. The van der Waals surface area contributed by atoms with Gasteiger partial charge in [0.2, 0.25) is 0 Å². The van der Waals surface area contributed by atoms with E-state index < -0.39 is 11.9 Å². The van der Waals surface area contributed by atoms with Crippen molar-refractivity contribution in [2.75, 3.05) is 23.7 Å². The number of nitrogens with zero attached hydrogens (tertiary/aromatic N) is 2. The summed E-state index contributed by atoms with van der Waals surface area (Å²) in [5.74, 6) is -1.67. The van der Waals surface area contributed by atoms with E-state index >= 15 is 0 Å². The lowest BCUT2D eigenvalue weighted by Crippen LogP contribution is -2.03. The van der Waals surface area contributed by atoms with Crippen LogP contribution in [0.4, 0.5) is 11.4 Å². The van der Waals surface area contributed by atoms with Crippen LogP contribution in [0.5, 0.6) is 0 Å². The van der Waals surface area contributed by atoms with Gasteiger partial charge >= 0.3 is 0 Å². The first-order valence-electron chi connectivity index (χ1n) is 14.8. The van der Waals surface area contributed by atoms with Crippen LogP contribution in [0.2, 0.25) is 0 Å². The SMILES string of the molecule is CC(=O)O.CC(=O)O.Cc1cc(NCCCCCCCCCCNc2cc(C)nc3ccccc23)c2ccccc2n1.O.O. The van der Waals surface area contributed by atoms with E-state index in [1.807, 2.05) is 0 Å². The van der Waals surface area contributed by atoms with Crippen molar-refractivity contribution < 1.29 is 30.8 Å². The van der Waals surface area contributed by atoms with E-state index in [1.165, 1.54) is 73.5 Å². The van der Waals surface area contributed by atoms with Gasteiger partial charge < -0.3 is 31.8 Å². The number of fused-ring (bicyclic) bond motifs is 2. The first-order chi connectivity index (χ1) is 20.2. The number of aliphatic carboxylic acids is 2. The molecule has 0 fully saturated rings. The summed E-state index contributed by atoms with van der Waals surface area (Å²) in [5.41, 5.74) is 6.72. The van der Waals surface area contributed by atoms with Gasteiger partial charge in [-0.25, -0.2) is 0 Å². The van der Waals surface area contributed by atoms with Gasteiger partial charge in [-0.2, -0.15) is 0 Å². The first-order valence-corrected chi connectivity index (χ1v) is 14.8. The Morgan fingerprint density at radius 1 is 0.591 bits per heavy atom. The van der Waals surface area contributed by atoms with Gasteiger partial charge in [-0.3, -0.25) is 19.6 Å². The van der Waals surface area contributed by atoms with E-state index in [9.17, 15) is 0 Å². The molecule has 0 aliphatic heterocycles. The maximum Gasteiger partial charge on any atom is 0.300 e. The Labute approximate surface area is 260 Å². The summed E-state index contributed by atoms with van der Waals surface area (Å²) in [6.07, 6.45) is 10.4. The van der Waals surface area contributed by atoms with Crippen LogP contribution in [-0.2, 0) is 9.59 Å². The third kappa shape index (κ3) is 15.8. The summed E-state index contributed by atoms with van der Waals surface area (Å²) in [6.45, 7) is 8.36. The highest BCUT2D eigenvalue weighted by Crippen LogP contribution is 2.24. The fourth-order valence-corrected chi connectivity index (χ4v) is 4.66. The second-order valence-electron chi connectivity index (χ2n) is 10.4. The molecule has 0 amide bonds. The minimum absolute atomic E-state index is 0. The van der Waals surface area contributed by atoms with E-state index in [0.717, 1.165) is 49.4 Å². The molecule has 8 N–H and O–H groups in total. The molecule has 4 rings (SSSR count). The number of hydrogen-bond donors (Lipinski definition) is 4. The molecule has 2 aromatic heterocycles. The molecule has 10 nitrogen and oxygen atoms in total. The number of carboxylic acids is 2. The number of carbonyl (C=O) groups is 2. The van der Waals surface area contributed by atoms with Crippen molar-refractivity contribution in [2.24, 2.45) is 0 Å². The van der Waals surface area contributed by atoms with Gasteiger partial charge in [0.1, 0.15) is 0 Å². The standard InChI is InChI=1S/C30H38N4.2C2H4O2.2H2O/c1-23-21-29(25-15-9-11-17-27(25)33-23)31-19-13-7-5-3-4-6-8-14-20-32-30-22-24(2)34-28-18-12-10-16-26(28)30;2*1-2(3)4;;/h9-12,15-18,21-22H,3-8,13-14,19-20H2,1-2H3,(H,31,33)(H,32,34);2*1H3,(H,3,4);2*1H2. The molecule has 4 aromatic rings. The molecule has 10 heteroatoms. The van der Waals surface area contributed by atoms with Crippen LogP contribution in [-0.4, -0.2) is 56.2 Å². The van der Waals surface area contributed by atoms with Crippen molar-refractivity contribution in [3.63, 3.8) is 0 Å². The van der Waals surface area contributed by atoms with Crippen molar-refractivity contribution >= 4 is 45.1 Å². The molecule has 242 valence electrons. The summed E-state index contributed by atoms with van der Waals surface area (Å²) in [6, 6.07) is 21.1. The summed E-state index contributed by atoms with van der Waals surface area (Å²) < 4.78 is 0. The van der Waals surface area contributed by atoms with Gasteiger partial charge in [0.15, 0.2) is 0 Å². The van der Waals surface area contributed by atoms with Gasteiger partial charge in [-0.1, -0.05) is 74.9 Å². The highest BCUT2D eigenvalue weighted by atomic mass is 16.4. The smallest absolute Gasteiger partial charge is 0.300 e. The van der Waals surface area contributed by atoms with E-state index in [0.29, 0.717) is 0 Å². The number of aromatic nitrogens is 2. The van der Waals surface area contributed by atoms with Crippen LogP contribution in [0.3, 0.4) is 0 Å². The lowest BCUT2D eigenvalue weighted by Gasteiger charge is -2.11. The highest BCUT2D eigenvalue weighted by molar-refractivity contribution is 5.92. The molecule has 0 bridgehead atoms. The number of unbranched alkanes of at least 4 members (excludes halogenated alkanes) is 7. The molecule has 0 unspecified atom stereocenters. The number of anilines is 2. The molecule has 0 atom stereocenters. The Bertz CT molecular complexity index is 1300. The molecule has 2 heterocycles. The number of nitrogens with one attached hydrogen (secondary N) is 2. The number of pyridine rings is 2. The van der Waals surface area contributed by atoms with E-state index in [4.69, 9.17) is 19.8 Å². The van der Waals surface area contributed by atoms with Crippen LogP contribution in [0.1, 0.15) is 76.6 Å². The van der Waals surface area contributed by atoms with Crippen LogP contribution in [0, 0.1) is 13.8 Å². The van der Waals surface area contributed by atoms with E-state index in [2.05, 4.69) is 95.1 Å². The number of rotatable bonds is 13. The van der Waals surface area contributed by atoms with E-state index in [-0.39, 0.29) is 11.0 Å². The third-order valence-corrected chi connectivity index (χ3v) is 6.42. The molecule has 0 saturated carbocycles. The first kappa shape index (κ1) is 39.7. The average Bonchev–Trinajstić information content (AvgIpc) is 2.92. The molecular formula is C34H50N4O6. The topological polar surface area (TPSA) is 187 Å².